The van der Waals surface area contributed by atoms with E-state index in [0.717, 1.165) is 22.8 Å². The number of nitrogens with zero attached hydrogens (tertiary/aromatic N) is 2. The second-order valence-electron chi connectivity index (χ2n) is 7.15. The monoisotopic (exact) mass is 394 g/mol. The summed E-state index contributed by atoms with van der Waals surface area (Å²) in [5.41, 5.74) is 2.88. The maximum Gasteiger partial charge on any atom is 0.396 e. The van der Waals surface area contributed by atoms with Crippen LogP contribution in [0.2, 0.25) is 0 Å². The van der Waals surface area contributed by atoms with Crippen LogP contribution in [0.1, 0.15) is 5.56 Å². The van der Waals surface area contributed by atoms with Gasteiger partial charge in [-0.3, -0.25) is 0 Å². The number of aromatic amines is 1. The van der Waals surface area contributed by atoms with Gasteiger partial charge in [-0.1, -0.05) is 23.2 Å². The van der Waals surface area contributed by atoms with Gasteiger partial charge in [-0.15, -0.1) is 0 Å². The summed E-state index contributed by atoms with van der Waals surface area (Å²) in [7, 11) is 3.83. The van der Waals surface area contributed by atoms with Gasteiger partial charge in [0.05, 0.1) is 11.9 Å². The van der Waals surface area contributed by atoms with Crippen molar-refractivity contribution in [2.75, 3.05) is 37.9 Å². The third-order valence-electron chi connectivity index (χ3n) is 4.19. The molecular weight excluding hydrogens is 366 g/mol. The fourth-order valence-electron chi connectivity index (χ4n) is 2.76. The first-order chi connectivity index (χ1) is 14.0. The van der Waals surface area contributed by atoms with E-state index >= 15 is 0 Å². The summed E-state index contributed by atoms with van der Waals surface area (Å²) in [5.74, 6) is 2.12. The van der Waals surface area contributed by atoms with Crippen LogP contribution in [0.5, 0.6) is 5.75 Å². The Morgan fingerprint density at radius 1 is 1.03 bits per heavy atom. The Morgan fingerprint density at radius 2 is 1.72 bits per heavy atom. The number of aliphatic hydroxyl groups is 1. The Kier molecular flexibility index (Phi) is 6.99. The van der Waals surface area contributed by atoms with E-state index in [1.54, 1.807) is 0 Å². The molecule has 7 nitrogen and oxygen atoms in total. The average Bonchev–Trinajstić information content (AvgIpc) is 2.70. The molecule has 1 atom stereocenters. The summed E-state index contributed by atoms with van der Waals surface area (Å²) in [6.07, 6.45) is 1.38. The molecule has 0 bridgehead atoms. The van der Waals surface area contributed by atoms with E-state index in [1.165, 1.54) is 0 Å². The minimum atomic E-state index is -0.523. The lowest BCUT2D eigenvalue weighted by Gasteiger charge is -2.16. The Morgan fingerprint density at radius 3 is 2.41 bits per heavy atom. The number of benzene rings is 2. The molecule has 0 aliphatic heterocycles. The molecule has 0 saturated carbocycles. The van der Waals surface area contributed by atoms with Gasteiger partial charge in [0.25, 0.3) is 0 Å². The normalized spacial score (nSPS) is 11.9. The van der Waals surface area contributed by atoms with Crippen LogP contribution in [0.15, 0.2) is 60.8 Å². The van der Waals surface area contributed by atoms with Crippen molar-refractivity contribution in [2.45, 2.75) is 13.0 Å². The van der Waals surface area contributed by atoms with Gasteiger partial charge in [-0.05, 0) is 57.4 Å². The van der Waals surface area contributed by atoms with Crippen LogP contribution in [0.4, 0.5) is 23.1 Å². The number of aryl methyl sites for hydroxylation is 1. The highest BCUT2D eigenvalue weighted by Crippen LogP contribution is 2.21. The number of hydrogen-bond donors (Lipinski definition) is 3. The van der Waals surface area contributed by atoms with Gasteiger partial charge in [0.2, 0.25) is 5.82 Å². The molecule has 7 heteroatoms. The van der Waals surface area contributed by atoms with Crippen molar-refractivity contribution in [3.8, 4) is 5.75 Å². The van der Waals surface area contributed by atoms with Crippen molar-refractivity contribution in [3.63, 3.8) is 0 Å². The second kappa shape index (κ2) is 9.86. The molecule has 0 aliphatic carbocycles. The van der Waals surface area contributed by atoms with Crippen molar-refractivity contribution in [2.24, 2.45) is 0 Å². The highest BCUT2D eigenvalue weighted by atomic mass is 16.5. The predicted octanol–water partition coefficient (Wildman–Crippen LogP) is 2.99. The molecule has 3 rings (SSSR count). The van der Waals surface area contributed by atoms with E-state index in [4.69, 9.17) is 4.74 Å². The third kappa shape index (κ3) is 6.44. The number of likely N-dealkylation sites (N-methyl/N-ethyl adjacent to an activating group) is 1. The molecule has 152 valence electrons. The maximum atomic E-state index is 9.89. The van der Waals surface area contributed by atoms with Crippen molar-refractivity contribution < 1.29 is 14.8 Å². The van der Waals surface area contributed by atoms with E-state index in [1.807, 2.05) is 86.7 Å². The summed E-state index contributed by atoms with van der Waals surface area (Å²) in [6.45, 7) is 2.82. The first kappa shape index (κ1) is 20.6. The van der Waals surface area contributed by atoms with Gasteiger partial charge in [0.1, 0.15) is 18.5 Å². The lowest BCUT2D eigenvalue weighted by Crippen LogP contribution is -2.30. The third-order valence-corrected chi connectivity index (χ3v) is 4.19. The Balaban J connectivity index is 1.60. The Labute approximate surface area is 171 Å². The fraction of sp³-hybridized carbons (Fsp3) is 0.273. The van der Waals surface area contributed by atoms with E-state index < -0.39 is 6.10 Å². The van der Waals surface area contributed by atoms with Crippen LogP contribution in [0.25, 0.3) is 0 Å². The van der Waals surface area contributed by atoms with Crippen molar-refractivity contribution in [3.05, 3.63) is 66.4 Å². The molecule has 0 spiro atoms. The molecule has 4 N–H and O–H groups in total. The molecule has 29 heavy (non-hydrogen) atoms. The Hall–Kier alpha value is -3.16. The minimum absolute atomic E-state index is 0.257. The summed E-state index contributed by atoms with van der Waals surface area (Å²) in [4.78, 5) is 9.70. The average molecular weight is 394 g/mol. The molecule has 1 unspecified atom stereocenters. The van der Waals surface area contributed by atoms with Gasteiger partial charge < -0.3 is 20.1 Å². The second-order valence-corrected chi connectivity index (χ2v) is 7.15. The van der Waals surface area contributed by atoms with Crippen LogP contribution in [0, 0.1) is 6.92 Å². The predicted molar refractivity (Wildman–Crippen MR) is 115 cm³/mol. The van der Waals surface area contributed by atoms with Crippen LogP contribution in [-0.4, -0.2) is 48.3 Å². The van der Waals surface area contributed by atoms with Crippen LogP contribution >= 0.6 is 0 Å². The van der Waals surface area contributed by atoms with Crippen molar-refractivity contribution in [1.82, 2.24) is 9.88 Å². The zero-order valence-corrected chi connectivity index (χ0v) is 17.0. The number of hydrogen-bond acceptors (Lipinski definition) is 6. The lowest BCUT2D eigenvalue weighted by atomic mass is 10.3. The number of aromatic nitrogens is 2. The van der Waals surface area contributed by atoms with E-state index in [9.17, 15) is 5.11 Å². The van der Waals surface area contributed by atoms with Crippen molar-refractivity contribution in [1.29, 1.82) is 0 Å². The van der Waals surface area contributed by atoms with Gasteiger partial charge in [0, 0.05) is 17.8 Å². The molecular formula is C22H28N5O2+. The quantitative estimate of drug-likeness (QED) is 0.517. The Bertz CT molecular complexity index is 901. The number of rotatable bonds is 9. The first-order valence-corrected chi connectivity index (χ1v) is 9.53. The summed E-state index contributed by atoms with van der Waals surface area (Å²) < 4.78 is 5.64. The SMILES string of the molecule is Cc1c[nH+]c(Nc2ccc(OCC(O)CN(C)C)cc2)nc1Nc1ccccc1. The number of nitrogens with one attached hydrogen (secondary N) is 3. The van der Waals surface area contributed by atoms with Crippen LogP contribution < -0.4 is 20.4 Å². The van der Waals surface area contributed by atoms with Gasteiger partial charge in [0.15, 0.2) is 0 Å². The van der Waals surface area contributed by atoms with Gasteiger partial charge in [-0.25, -0.2) is 10.3 Å². The van der Waals surface area contributed by atoms with E-state index in [-0.39, 0.29) is 6.61 Å². The molecule has 1 aromatic heterocycles. The summed E-state index contributed by atoms with van der Waals surface area (Å²) in [5, 5.41) is 16.5. The molecule has 0 aliphatic rings. The largest absolute Gasteiger partial charge is 0.491 e. The molecule has 3 aromatic rings. The highest BCUT2D eigenvalue weighted by molar-refractivity contribution is 5.60. The number of anilines is 4. The standard InChI is InChI=1S/C22H27N5O2/c1-16-13-23-22(26-21(16)24-17-7-5-4-6-8-17)25-18-9-11-20(12-10-18)29-15-19(28)14-27(2)3/h4-13,19,28H,14-15H2,1-3H3,(H2,23,24,25,26)/p+1. The summed E-state index contributed by atoms with van der Waals surface area (Å²) >= 11 is 0. The number of aliphatic hydroxyl groups excluding tert-OH is 1. The molecule has 0 radical (unpaired) electrons. The molecule has 0 amide bonds. The van der Waals surface area contributed by atoms with Gasteiger partial charge in [-0.2, -0.15) is 0 Å². The van der Waals surface area contributed by atoms with Gasteiger partial charge >= 0.3 is 5.95 Å². The fourth-order valence-corrected chi connectivity index (χ4v) is 2.76. The number of para-hydroxylation sites is 1. The molecule has 2 aromatic carbocycles. The van der Waals surface area contributed by atoms with E-state index in [2.05, 4.69) is 20.6 Å². The minimum Gasteiger partial charge on any atom is -0.491 e. The zero-order valence-electron chi connectivity index (χ0n) is 17.0. The molecule has 0 fully saturated rings. The first-order valence-electron chi connectivity index (χ1n) is 9.53. The topological polar surface area (TPSA) is 83.8 Å². The lowest BCUT2D eigenvalue weighted by molar-refractivity contribution is -0.365. The van der Waals surface area contributed by atoms with Crippen LogP contribution in [-0.2, 0) is 0 Å². The zero-order chi connectivity index (χ0) is 20.6. The maximum absolute atomic E-state index is 9.89. The molecule has 0 saturated heterocycles. The smallest absolute Gasteiger partial charge is 0.396 e. The molecule has 1 heterocycles. The summed E-state index contributed by atoms with van der Waals surface area (Å²) in [6, 6.07) is 17.5. The van der Waals surface area contributed by atoms with Crippen molar-refractivity contribution >= 4 is 23.1 Å². The van der Waals surface area contributed by atoms with E-state index in [0.29, 0.717) is 18.2 Å². The number of H-pyrrole nitrogens is 1. The highest BCUT2D eigenvalue weighted by Gasteiger charge is 2.12. The number of ether oxygens (including phenoxy) is 1. The van der Waals surface area contributed by atoms with Crippen LogP contribution in [0.3, 0.4) is 0 Å².